The van der Waals surface area contributed by atoms with E-state index in [4.69, 9.17) is 19.4 Å². The van der Waals surface area contributed by atoms with Crippen molar-refractivity contribution in [2.24, 2.45) is 0 Å². The van der Waals surface area contributed by atoms with E-state index in [-0.39, 0.29) is 12.8 Å². The number of halogens is 2. The van der Waals surface area contributed by atoms with Crippen LogP contribution in [0.15, 0.2) is 17.8 Å². The van der Waals surface area contributed by atoms with Crippen molar-refractivity contribution in [3.8, 4) is 12.1 Å². The molecule has 0 aliphatic carbocycles. The highest BCUT2D eigenvalue weighted by Gasteiger charge is 2.21. The second-order valence-corrected chi connectivity index (χ2v) is 5.45. The Hall–Kier alpha value is -1.90. The predicted molar refractivity (Wildman–Crippen MR) is 75.6 cm³/mol. The molecule has 1 aromatic carbocycles. The number of nitriles is 2. The van der Waals surface area contributed by atoms with E-state index in [0.717, 1.165) is 0 Å². The number of aromatic nitrogens is 2. The molecule has 8 heteroatoms. The summed E-state index contributed by atoms with van der Waals surface area (Å²) in [4.78, 5) is 8.50. The van der Waals surface area contributed by atoms with Crippen molar-refractivity contribution in [1.82, 2.24) is 9.97 Å². The Kier molecular flexibility index (Phi) is 3.20. The van der Waals surface area contributed by atoms with E-state index in [1.165, 1.54) is 0 Å². The van der Waals surface area contributed by atoms with E-state index in [9.17, 15) is 0 Å². The van der Waals surface area contributed by atoms with Gasteiger partial charge in [0, 0.05) is 0 Å². The lowest BCUT2D eigenvalue weighted by molar-refractivity contribution is 0.546. The molecule has 0 saturated carbocycles. The molecule has 0 aliphatic heterocycles. The maximum absolute atomic E-state index is 8.69. The monoisotopic (exact) mass is 394 g/mol. The standard InChI is InChI=1S/C12H4Br2N4O2/c13-7-9-11(19-5(17-9)1-3-15)8(14)10-12(7)20-6(18-10)2-4-16/h1-2H2. The summed E-state index contributed by atoms with van der Waals surface area (Å²) in [5.74, 6) is 0.655. The van der Waals surface area contributed by atoms with Crippen LogP contribution in [0.3, 0.4) is 0 Å². The zero-order valence-corrected chi connectivity index (χ0v) is 12.9. The van der Waals surface area contributed by atoms with Gasteiger partial charge in [0.1, 0.15) is 23.9 Å². The van der Waals surface area contributed by atoms with Crippen LogP contribution in [0.1, 0.15) is 11.8 Å². The first-order valence-electron chi connectivity index (χ1n) is 5.45. The molecule has 0 amide bonds. The van der Waals surface area contributed by atoms with Crippen LogP contribution < -0.4 is 0 Å². The first kappa shape index (κ1) is 13.1. The summed E-state index contributed by atoms with van der Waals surface area (Å²) in [7, 11) is 0. The third kappa shape index (κ3) is 1.89. The van der Waals surface area contributed by atoms with Gasteiger partial charge in [-0.1, -0.05) is 0 Å². The molecule has 0 bridgehead atoms. The minimum atomic E-state index is 0.0854. The van der Waals surface area contributed by atoms with Crippen LogP contribution in [0.2, 0.25) is 0 Å². The quantitative estimate of drug-likeness (QED) is 0.656. The molecule has 20 heavy (non-hydrogen) atoms. The Morgan fingerprint density at radius 1 is 0.850 bits per heavy atom. The van der Waals surface area contributed by atoms with Gasteiger partial charge in [0.15, 0.2) is 11.2 Å². The molecule has 2 heterocycles. The lowest BCUT2D eigenvalue weighted by Crippen LogP contribution is -1.80. The molecule has 0 spiro atoms. The molecule has 2 aromatic heterocycles. The van der Waals surface area contributed by atoms with Crippen molar-refractivity contribution in [2.45, 2.75) is 12.8 Å². The summed E-state index contributed by atoms with van der Waals surface area (Å²) >= 11 is 6.81. The number of rotatable bonds is 2. The topological polar surface area (TPSA) is 99.6 Å². The van der Waals surface area contributed by atoms with E-state index >= 15 is 0 Å². The summed E-state index contributed by atoms with van der Waals surface area (Å²) < 4.78 is 12.3. The van der Waals surface area contributed by atoms with Crippen molar-refractivity contribution in [3.05, 3.63) is 20.7 Å². The first-order chi connectivity index (χ1) is 9.65. The summed E-state index contributed by atoms with van der Waals surface area (Å²) in [6.07, 6.45) is 0.171. The Labute approximate surface area is 129 Å². The van der Waals surface area contributed by atoms with E-state index in [2.05, 4.69) is 41.8 Å². The van der Waals surface area contributed by atoms with Crippen LogP contribution >= 0.6 is 31.9 Å². The molecule has 3 aromatic rings. The SMILES string of the molecule is N#CCc1nc2c(Br)c3oc(CC#N)nc3c(Br)c2o1. The fourth-order valence-corrected chi connectivity index (χ4v) is 2.90. The highest BCUT2D eigenvalue weighted by Crippen LogP contribution is 2.39. The van der Waals surface area contributed by atoms with Crippen molar-refractivity contribution in [3.63, 3.8) is 0 Å². The number of fused-ring (bicyclic) bond motifs is 2. The Morgan fingerprint density at radius 3 is 1.60 bits per heavy atom. The van der Waals surface area contributed by atoms with E-state index in [1.807, 2.05) is 12.1 Å². The van der Waals surface area contributed by atoms with Crippen LogP contribution in [0, 0.1) is 22.7 Å². The van der Waals surface area contributed by atoms with E-state index in [1.54, 1.807) is 0 Å². The molecular formula is C12H4Br2N4O2. The average Bonchev–Trinajstić information content (AvgIpc) is 3.02. The van der Waals surface area contributed by atoms with Gasteiger partial charge < -0.3 is 8.83 Å². The summed E-state index contributed by atoms with van der Waals surface area (Å²) in [5, 5.41) is 17.4. The summed E-state index contributed by atoms with van der Waals surface area (Å²) in [5.41, 5.74) is 2.08. The van der Waals surface area contributed by atoms with Crippen LogP contribution in [0.5, 0.6) is 0 Å². The lowest BCUT2D eigenvalue weighted by atomic mass is 10.3. The molecular weight excluding hydrogens is 392 g/mol. The second kappa shape index (κ2) is 4.89. The Morgan fingerprint density at radius 2 is 1.25 bits per heavy atom. The average molecular weight is 396 g/mol. The molecule has 3 rings (SSSR count). The number of oxazole rings is 2. The highest BCUT2D eigenvalue weighted by atomic mass is 79.9. The largest absolute Gasteiger partial charge is 0.438 e. The molecule has 0 radical (unpaired) electrons. The van der Waals surface area contributed by atoms with Gasteiger partial charge >= 0.3 is 0 Å². The zero-order chi connectivity index (χ0) is 14.3. The van der Waals surface area contributed by atoms with Crippen molar-refractivity contribution >= 4 is 54.1 Å². The molecule has 0 unspecified atom stereocenters. The third-order valence-electron chi connectivity index (χ3n) is 2.62. The van der Waals surface area contributed by atoms with Gasteiger partial charge in [-0.25, -0.2) is 9.97 Å². The van der Waals surface area contributed by atoms with Crippen molar-refractivity contribution < 1.29 is 8.83 Å². The maximum Gasteiger partial charge on any atom is 0.209 e. The normalized spacial score (nSPS) is 10.8. The molecule has 98 valence electrons. The Bertz CT molecular complexity index is 785. The molecule has 0 aliphatic rings. The molecule has 6 nitrogen and oxygen atoms in total. The minimum absolute atomic E-state index is 0.0854. The number of benzene rings is 1. The molecule has 0 N–H and O–H groups in total. The van der Waals surface area contributed by atoms with Crippen LogP contribution in [-0.2, 0) is 12.8 Å². The number of hydrogen-bond acceptors (Lipinski definition) is 6. The lowest BCUT2D eigenvalue weighted by Gasteiger charge is -1.95. The van der Waals surface area contributed by atoms with Crippen LogP contribution in [0.25, 0.3) is 22.2 Å². The minimum Gasteiger partial charge on any atom is -0.438 e. The summed E-state index contributed by atoms with van der Waals surface area (Å²) in [6, 6.07) is 3.97. The molecule has 0 saturated heterocycles. The third-order valence-corrected chi connectivity index (χ3v) is 4.09. The second-order valence-electron chi connectivity index (χ2n) is 3.87. The van der Waals surface area contributed by atoms with Crippen LogP contribution in [-0.4, -0.2) is 9.97 Å². The Balaban J connectivity index is 2.34. The maximum atomic E-state index is 8.69. The fraction of sp³-hybridized carbons (Fsp3) is 0.167. The van der Waals surface area contributed by atoms with Gasteiger partial charge in [0.2, 0.25) is 11.8 Å². The van der Waals surface area contributed by atoms with Crippen molar-refractivity contribution in [2.75, 3.05) is 0 Å². The van der Waals surface area contributed by atoms with Crippen LogP contribution in [0.4, 0.5) is 0 Å². The van der Waals surface area contributed by atoms with Gasteiger partial charge in [-0.3, -0.25) is 0 Å². The van der Waals surface area contributed by atoms with Gasteiger partial charge in [0.05, 0.1) is 21.1 Å². The number of nitrogens with zero attached hydrogens (tertiary/aromatic N) is 4. The molecule has 0 fully saturated rings. The van der Waals surface area contributed by atoms with Crippen molar-refractivity contribution in [1.29, 1.82) is 10.5 Å². The summed E-state index contributed by atoms with van der Waals surface area (Å²) in [6.45, 7) is 0. The van der Waals surface area contributed by atoms with Gasteiger partial charge in [-0.15, -0.1) is 0 Å². The van der Waals surface area contributed by atoms with Gasteiger partial charge in [-0.05, 0) is 31.9 Å². The zero-order valence-electron chi connectivity index (χ0n) is 9.78. The fourth-order valence-electron chi connectivity index (χ4n) is 1.83. The smallest absolute Gasteiger partial charge is 0.209 e. The highest BCUT2D eigenvalue weighted by molar-refractivity contribution is 9.11. The van der Waals surface area contributed by atoms with E-state index in [0.29, 0.717) is 42.9 Å². The first-order valence-corrected chi connectivity index (χ1v) is 7.04. The van der Waals surface area contributed by atoms with Gasteiger partial charge in [-0.2, -0.15) is 10.5 Å². The van der Waals surface area contributed by atoms with Gasteiger partial charge in [0.25, 0.3) is 0 Å². The van der Waals surface area contributed by atoms with E-state index < -0.39 is 0 Å². The number of hydrogen-bond donors (Lipinski definition) is 0. The predicted octanol–water partition coefficient (Wildman–Crippen LogP) is 3.63. The molecule has 0 atom stereocenters.